The van der Waals surface area contributed by atoms with Crippen molar-refractivity contribution in [2.45, 2.75) is 13.0 Å². The van der Waals surface area contributed by atoms with E-state index in [1.807, 2.05) is 0 Å². The fourth-order valence-corrected chi connectivity index (χ4v) is 1.54. The third-order valence-corrected chi connectivity index (χ3v) is 2.43. The Bertz CT molecular complexity index is 419. The van der Waals surface area contributed by atoms with Gasteiger partial charge in [-0.3, -0.25) is 0 Å². The molecule has 2 N–H and O–H groups in total. The van der Waals surface area contributed by atoms with Crippen LogP contribution in [0, 0.1) is 0 Å². The van der Waals surface area contributed by atoms with Crippen LogP contribution < -0.4 is 4.74 Å². The lowest BCUT2D eigenvalue weighted by Gasteiger charge is -2.13. The predicted molar refractivity (Wildman–Crippen MR) is 61.3 cm³/mol. The molecule has 17 heavy (non-hydrogen) atoms. The van der Waals surface area contributed by atoms with Crippen LogP contribution in [0.1, 0.15) is 18.6 Å². The summed E-state index contributed by atoms with van der Waals surface area (Å²) >= 11 is 5.86. The zero-order valence-corrected chi connectivity index (χ0v) is 10.2. The van der Waals surface area contributed by atoms with Crippen LogP contribution in [-0.2, 0) is 9.53 Å². The average molecular weight is 261 g/mol. The van der Waals surface area contributed by atoms with E-state index < -0.39 is 12.1 Å². The van der Waals surface area contributed by atoms with Gasteiger partial charge >= 0.3 is 5.97 Å². The molecule has 0 amide bonds. The largest absolute Gasteiger partial charge is 0.504 e. The predicted octanol–water partition coefficient (Wildman–Crippen LogP) is 1.65. The summed E-state index contributed by atoms with van der Waals surface area (Å²) in [6.45, 7) is 1.77. The number of aromatic hydroxyl groups is 1. The molecule has 0 saturated heterocycles. The van der Waals surface area contributed by atoms with Crippen LogP contribution in [0.3, 0.4) is 0 Å². The summed E-state index contributed by atoms with van der Waals surface area (Å²) in [4.78, 5) is 11.3. The summed E-state index contributed by atoms with van der Waals surface area (Å²) in [6, 6.07) is 2.48. The Morgan fingerprint density at radius 1 is 1.53 bits per heavy atom. The lowest BCUT2D eigenvalue weighted by molar-refractivity contribution is -0.153. The molecule has 5 nitrogen and oxygen atoms in total. The molecule has 0 aromatic heterocycles. The maximum atomic E-state index is 11.3. The minimum atomic E-state index is -1.53. The number of ether oxygens (including phenoxy) is 2. The van der Waals surface area contributed by atoms with Gasteiger partial charge in [0.15, 0.2) is 17.6 Å². The normalized spacial score (nSPS) is 12.0. The fraction of sp³-hybridized carbons (Fsp3) is 0.364. The number of hydrogen-bond acceptors (Lipinski definition) is 5. The molecule has 6 heteroatoms. The lowest BCUT2D eigenvalue weighted by Crippen LogP contribution is -2.15. The Morgan fingerprint density at radius 3 is 2.71 bits per heavy atom. The Hall–Kier alpha value is -1.46. The summed E-state index contributed by atoms with van der Waals surface area (Å²) in [7, 11) is 1.37. The van der Waals surface area contributed by atoms with Gasteiger partial charge in [0.1, 0.15) is 0 Å². The molecular weight excluding hydrogens is 248 g/mol. The van der Waals surface area contributed by atoms with Crippen LogP contribution in [0.5, 0.6) is 11.5 Å². The summed E-state index contributed by atoms with van der Waals surface area (Å²) < 4.78 is 9.49. The number of phenols is 1. The number of carbonyl (C=O) groups excluding carboxylic acids is 1. The minimum absolute atomic E-state index is 0.0726. The number of aliphatic hydroxyl groups is 1. The third-order valence-electron chi connectivity index (χ3n) is 2.10. The summed E-state index contributed by atoms with van der Waals surface area (Å²) in [5.74, 6) is -0.871. The van der Waals surface area contributed by atoms with Gasteiger partial charge in [0.25, 0.3) is 0 Å². The van der Waals surface area contributed by atoms with Crippen LogP contribution in [-0.4, -0.2) is 29.9 Å². The molecule has 1 atom stereocenters. The van der Waals surface area contributed by atoms with Crippen LogP contribution in [0.15, 0.2) is 12.1 Å². The first-order valence-electron chi connectivity index (χ1n) is 4.92. The first kappa shape index (κ1) is 13.6. The molecule has 0 saturated carbocycles. The van der Waals surface area contributed by atoms with Crippen molar-refractivity contribution in [2.75, 3.05) is 13.7 Å². The van der Waals surface area contributed by atoms with Gasteiger partial charge in [0.05, 0.1) is 18.7 Å². The molecule has 0 aliphatic heterocycles. The summed E-state index contributed by atoms with van der Waals surface area (Å²) in [5.41, 5.74) is 0.0726. The molecule has 0 spiro atoms. The average Bonchev–Trinajstić information content (AvgIpc) is 2.31. The Kier molecular flexibility index (Phi) is 4.60. The van der Waals surface area contributed by atoms with E-state index in [4.69, 9.17) is 16.3 Å². The van der Waals surface area contributed by atoms with E-state index in [1.165, 1.54) is 19.2 Å². The molecule has 0 aliphatic carbocycles. The maximum Gasteiger partial charge on any atom is 0.339 e. The smallest absolute Gasteiger partial charge is 0.339 e. The van der Waals surface area contributed by atoms with Crippen molar-refractivity contribution in [1.82, 2.24) is 0 Å². The third kappa shape index (κ3) is 3.01. The van der Waals surface area contributed by atoms with Crippen LogP contribution in [0.2, 0.25) is 5.02 Å². The number of carbonyl (C=O) groups is 1. The van der Waals surface area contributed by atoms with Crippen LogP contribution in [0.25, 0.3) is 0 Å². The Labute approximate surface area is 104 Å². The van der Waals surface area contributed by atoms with E-state index in [0.29, 0.717) is 0 Å². The van der Waals surface area contributed by atoms with E-state index >= 15 is 0 Å². The van der Waals surface area contributed by atoms with Gasteiger partial charge in [-0.2, -0.15) is 0 Å². The molecule has 0 heterocycles. The zero-order chi connectivity index (χ0) is 13.0. The highest BCUT2D eigenvalue weighted by atomic mass is 35.5. The monoisotopic (exact) mass is 260 g/mol. The van der Waals surface area contributed by atoms with Crippen molar-refractivity contribution in [2.24, 2.45) is 0 Å². The molecule has 1 rings (SSSR count). The highest BCUT2D eigenvalue weighted by molar-refractivity contribution is 6.31. The van der Waals surface area contributed by atoms with E-state index in [-0.39, 0.29) is 28.7 Å². The summed E-state index contributed by atoms with van der Waals surface area (Å²) in [5, 5.41) is 19.3. The van der Waals surface area contributed by atoms with Gasteiger partial charge in [0, 0.05) is 11.6 Å². The van der Waals surface area contributed by atoms with Gasteiger partial charge in [-0.05, 0) is 13.0 Å². The van der Waals surface area contributed by atoms with E-state index in [9.17, 15) is 15.0 Å². The van der Waals surface area contributed by atoms with Crippen molar-refractivity contribution in [3.8, 4) is 11.5 Å². The molecule has 0 bridgehead atoms. The van der Waals surface area contributed by atoms with Crippen molar-refractivity contribution in [3.63, 3.8) is 0 Å². The van der Waals surface area contributed by atoms with Gasteiger partial charge in [-0.1, -0.05) is 11.6 Å². The molecule has 94 valence electrons. The number of esters is 1. The SMILES string of the molecule is CCOC(=O)C(O)c1cc(O)c(OC)cc1Cl. The van der Waals surface area contributed by atoms with E-state index in [0.717, 1.165) is 0 Å². The number of benzene rings is 1. The highest BCUT2D eigenvalue weighted by Gasteiger charge is 2.23. The molecule has 1 aromatic carbocycles. The van der Waals surface area contributed by atoms with Gasteiger partial charge in [-0.25, -0.2) is 4.79 Å². The standard InChI is InChI=1S/C11H13ClO5/c1-3-17-11(15)10(14)6-4-8(13)9(16-2)5-7(6)12/h4-5,10,13-14H,3H2,1-2H3. The minimum Gasteiger partial charge on any atom is -0.504 e. The molecule has 0 aliphatic rings. The maximum absolute atomic E-state index is 11.3. The first-order chi connectivity index (χ1) is 8.01. The molecule has 0 fully saturated rings. The van der Waals surface area contributed by atoms with Crippen molar-refractivity contribution in [1.29, 1.82) is 0 Å². The number of hydrogen-bond donors (Lipinski definition) is 2. The quantitative estimate of drug-likeness (QED) is 0.805. The molecule has 0 radical (unpaired) electrons. The van der Waals surface area contributed by atoms with Gasteiger partial charge in [-0.15, -0.1) is 0 Å². The number of methoxy groups -OCH3 is 1. The lowest BCUT2D eigenvalue weighted by atomic mass is 10.1. The Balaban J connectivity index is 3.06. The number of aliphatic hydroxyl groups excluding tert-OH is 1. The van der Waals surface area contributed by atoms with Gasteiger partial charge < -0.3 is 19.7 Å². The van der Waals surface area contributed by atoms with E-state index in [2.05, 4.69) is 4.74 Å². The van der Waals surface area contributed by atoms with Gasteiger partial charge in [0.2, 0.25) is 0 Å². The van der Waals surface area contributed by atoms with Crippen LogP contribution in [0.4, 0.5) is 0 Å². The number of phenolic OH excluding ortho intramolecular Hbond substituents is 1. The first-order valence-corrected chi connectivity index (χ1v) is 5.30. The number of rotatable bonds is 4. The van der Waals surface area contributed by atoms with Crippen molar-refractivity contribution >= 4 is 17.6 Å². The van der Waals surface area contributed by atoms with E-state index in [1.54, 1.807) is 6.92 Å². The molecule has 1 unspecified atom stereocenters. The van der Waals surface area contributed by atoms with Crippen molar-refractivity contribution < 1.29 is 24.5 Å². The Morgan fingerprint density at radius 2 is 2.18 bits per heavy atom. The highest BCUT2D eigenvalue weighted by Crippen LogP contribution is 2.35. The second kappa shape index (κ2) is 5.75. The second-order valence-electron chi connectivity index (χ2n) is 3.20. The summed E-state index contributed by atoms with van der Waals surface area (Å²) in [6.07, 6.45) is -1.53. The molecule has 1 aromatic rings. The van der Waals surface area contributed by atoms with Crippen molar-refractivity contribution in [3.05, 3.63) is 22.7 Å². The number of halogens is 1. The van der Waals surface area contributed by atoms with Crippen LogP contribution >= 0.6 is 11.6 Å². The zero-order valence-electron chi connectivity index (χ0n) is 9.44. The topological polar surface area (TPSA) is 76.0 Å². The fourth-order valence-electron chi connectivity index (χ4n) is 1.28. The molecular formula is C11H13ClO5. The second-order valence-corrected chi connectivity index (χ2v) is 3.61.